The molecule has 0 aliphatic carbocycles. The van der Waals surface area contributed by atoms with Crippen LogP contribution in [-0.4, -0.2) is 17.0 Å². The highest BCUT2D eigenvalue weighted by Crippen LogP contribution is 2.45. The van der Waals surface area contributed by atoms with Gasteiger partial charge in [-0.1, -0.05) is 72.8 Å². The van der Waals surface area contributed by atoms with E-state index < -0.39 is 0 Å². The molecule has 1 aliphatic rings. The van der Waals surface area contributed by atoms with Crippen LogP contribution >= 0.6 is 0 Å². The maximum Gasteiger partial charge on any atom is 0.421 e. The Hall–Kier alpha value is -5.36. The molecule has 0 saturated heterocycles. The number of pyridine rings is 2. The fourth-order valence-corrected chi connectivity index (χ4v) is 5.27. The monoisotopic (exact) mass is 516 g/mol. The molecule has 0 atom stereocenters. The normalized spacial score (nSPS) is 12.3. The Morgan fingerprint density at radius 1 is 0.525 bits per heavy atom. The Labute approximate surface area is 234 Å². The number of hydrogen-bond acceptors (Lipinski definition) is 5. The third kappa shape index (κ3) is 4.46. The fraction of sp³-hybridized carbons (Fsp3) is 0. The molecule has 1 aliphatic heterocycles. The fourth-order valence-electron chi connectivity index (χ4n) is 5.27. The summed E-state index contributed by atoms with van der Waals surface area (Å²) in [6.07, 6.45) is 3.65. The van der Waals surface area contributed by atoms with Crippen LogP contribution in [0.5, 0.6) is 11.5 Å². The number of nitrogens with zero attached hydrogens (tertiary/aromatic N) is 4. The first kappa shape index (κ1) is 23.7. The van der Waals surface area contributed by atoms with Crippen molar-refractivity contribution < 1.29 is 4.74 Å². The highest BCUT2D eigenvalue weighted by molar-refractivity contribution is 6.84. The zero-order chi connectivity index (χ0) is 26.7. The van der Waals surface area contributed by atoms with Gasteiger partial charge < -0.3 is 14.4 Å². The van der Waals surface area contributed by atoms with Crippen molar-refractivity contribution in [3.8, 4) is 22.8 Å². The van der Waals surface area contributed by atoms with Gasteiger partial charge in [0.05, 0.1) is 11.4 Å². The molecule has 0 bridgehead atoms. The molecule has 4 aromatic carbocycles. The van der Waals surface area contributed by atoms with E-state index >= 15 is 0 Å². The lowest BCUT2D eigenvalue weighted by atomic mass is 9.64. The van der Waals surface area contributed by atoms with Gasteiger partial charge in [-0.2, -0.15) is 0 Å². The van der Waals surface area contributed by atoms with Crippen molar-refractivity contribution in [2.45, 2.75) is 0 Å². The van der Waals surface area contributed by atoms with Crippen LogP contribution in [0, 0.1) is 0 Å². The Balaban J connectivity index is 1.30. The van der Waals surface area contributed by atoms with Crippen molar-refractivity contribution >= 4 is 35.3 Å². The maximum absolute atomic E-state index is 6.39. The molecule has 0 N–H and O–H groups in total. The van der Waals surface area contributed by atoms with Crippen molar-refractivity contribution in [3.63, 3.8) is 0 Å². The maximum atomic E-state index is 6.39. The van der Waals surface area contributed by atoms with Crippen LogP contribution in [0.25, 0.3) is 11.3 Å². The standard InChI is InChI=1S/C34H25BN4O/c1-3-13-27(14-4-1)35-38(28-15-5-2-6-16-28)33-21-11-23-37-34(33)39(35)29-17-10-19-31(25-29)40-30-18-9-12-26(24-30)32-20-7-8-22-36-32/h1-25H. The van der Waals surface area contributed by atoms with Gasteiger partial charge in [0.1, 0.15) is 17.3 Å². The minimum absolute atomic E-state index is 0.128. The molecular weight excluding hydrogens is 491 g/mol. The summed E-state index contributed by atoms with van der Waals surface area (Å²) in [5.41, 5.74) is 6.23. The van der Waals surface area contributed by atoms with E-state index in [1.54, 1.807) is 6.20 Å². The molecule has 6 aromatic rings. The third-order valence-corrected chi connectivity index (χ3v) is 7.00. The van der Waals surface area contributed by atoms with Gasteiger partial charge in [0.15, 0.2) is 0 Å². The molecule has 3 heterocycles. The van der Waals surface area contributed by atoms with E-state index in [0.717, 1.165) is 45.6 Å². The van der Waals surface area contributed by atoms with Crippen molar-refractivity contribution in [1.82, 2.24) is 9.97 Å². The quantitative estimate of drug-likeness (QED) is 0.213. The Bertz CT molecular complexity index is 1750. The zero-order valence-corrected chi connectivity index (χ0v) is 21.7. The summed E-state index contributed by atoms with van der Waals surface area (Å²) in [4.78, 5) is 14.0. The molecule has 0 amide bonds. The lowest BCUT2D eigenvalue weighted by molar-refractivity contribution is 0.483. The van der Waals surface area contributed by atoms with Crippen molar-refractivity contribution in [2.24, 2.45) is 0 Å². The Morgan fingerprint density at radius 2 is 1.23 bits per heavy atom. The Kier molecular flexibility index (Phi) is 6.19. The first-order valence-electron chi connectivity index (χ1n) is 13.3. The first-order chi connectivity index (χ1) is 19.8. The zero-order valence-electron chi connectivity index (χ0n) is 21.7. The van der Waals surface area contributed by atoms with Crippen LogP contribution in [-0.2, 0) is 0 Å². The Morgan fingerprint density at radius 3 is 2.02 bits per heavy atom. The highest BCUT2D eigenvalue weighted by Gasteiger charge is 2.44. The van der Waals surface area contributed by atoms with Crippen molar-refractivity contribution in [1.29, 1.82) is 0 Å². The SMILES string of the molecule is c1ccc(B2N(c3ccccc3)c3cccnc3N2c2cccc(Oc3cccc(-c4ccccn4)c3)c2)cc1. The van der Waals surface area contributed by atoms with Gasteiger partial charge in [-0.3, -0.25) is 4.98 Å². The lowest BCUT2D eigenvalue weighted by Gasteiger charge is -2.29. The van der Waals surface area contributed by atoms with Crippen molar-refractivity contribution in [3.05, 3.63) is 152 Å². The second-order valence-electron chi connectivity index (χ2n) is 9.55. The molecule has 2 aromatic heterocycles. The largest absolute Gasteiger partial charge is 0.457 e. The minimum atomic E-state index is -0.128. The minimum Gasteiger partial charge on any atom is -0.457 e. The van der Waals surface area contributed by atoms with Gasteiger partial charge in [-0.05, 0) is 66.1 Å². The molecule has 0 fully saturated rings. The van der Waals surface area contributed by atoms with Crippen LogP contribution in [0.2, 0.25) is 0 Å². The molecular formula is C34H25BN4O. The summed E-state index contributed by atoms with van der Waals surface area (Å²) in [6.45, 7) is -0.128. The molecule has 0 radical (unpaired) electrons. The number of benzene rings is 4. The number of ether oxygens (including phenoxy) is 1. The summed E-state index contributed by atoms with van der Waals surface area (Å²) < 4.78 is 6.39. The molecule has 7 rings (SSSR count). The van der Waals surface area contributed by atoms with E-state index in [4.69, 9.17) is 9.72 Å². The van der Waals surface area contributed by atoms with E-state index in [1.165, 1.54) is 5.46 Å². The van der Waals surface area contributed by atoms with Gasteiger partial charge in [0, 0.05) is 35.4 Å². The predicted octanol–water partition coefficient (Wildman–Crippen LogP) is 7.62. The highest BCUT2D eigenvalue weighted by atomic mass is 16.5. The lowest BCUT2D eigenvalue weighted by Crippen LogP contribution is -2.53. The number of hydrogen-bond donors (Lipinski definition) is 0. The van der Waals surface area contributed by atoms with E-state index in [2.05, 4.69) is 87.4 Å². The van der Waals surface area contributed by atoms with E-state index in [-0.39, 0.29) is 6.98 Å². The van der Waals surface area contributed by atoms with Crippen LogP contribution in [0.15, 0.2) is 152 Å². The second kappa shape index (κ2) is 10.4. The van der Waals surface area contributed by atoms with E-state index in [0.29, 0.717) is 0 Å². The van der Waals surface area contributed by atoms with Crippen LogP contribution in [0.3, 0.4) is 0 Å². The smallest absolute Gasteiger partial charge is 0.421 e. The van der Waals surface area contributed by atoms with Gasteiger partial charge in [0.25, 0.3) is 0 Å². The summed E-state index contributed by atoms with van der Waals surface area (Å²) >= 11 is 0. The molecule has 40 heavy (non-hydrogen) atoms. The third-order valence-electron chi connectivity index (χ3n) is 7.00. The number of aromatic nitrogens is 2. The number of rotatable bonds is 6. The average molecular weight is 516 g/mol. The predicted molar refractivity (Wildman–Crippen MR) is 163 cm³/mol. The van der Waals surface area contributed by atoms with Gasteiger partial charge >= 0.3 is 6.98 Å². The summed E-state index contributed by atoms with van der Waals surface area (Å²) in [7, 11) is 0. The summed E-state index contributed by atoms with van der Waals surface area (Å²) in [5, 5.41) is 0. The van der Waals surface area contributed by atoms with Gasteiger partial charge in [-0.15, -0.1) is 0 Å². The molecule has 190 valence electrons. The van der Waals surface area contributed by atoms with Gasteiger partial charge in [0.2, 0.25) is 0 Å². The number of anilines is 4. The van der Waals surface area contributed by atoms with E-state index in [1.807, 2.05) is 72.9 Å². The summed E-state index contributed by atoms with van der Waals surface area (Å²) in [5.74, 6) is 2.40. The second-order valence-corrected chi connectivity index (χ2v) is 9.55. The van der Waals surface area contributed by atoms with Crippen LogP contribution in [0.4, 0.5) is 22.9 Å². The molecule has 6 heteroatoms. The van der Waals surface area contributed by atoms with Crippen molar-refractivity contribution in [2.75, 3.05) is 9.62 Å². The molecule has 0 saturated carbocycles. The summed E-state index contributed by atoms with van der Waals surface area (Å²) in [6, 6.07) is 47.3. The first-order valence-corrected chi connectivity index (χ1v) is 13.3. The number of fused-ring (bicyclic) bond motifs is 1. The van der Waals surface area contributed by atoms with E-state index in [9.17, 15) is 0 Å². The molecule has 5 nitrogen and oxygen atoms in total. The van der Waals surface area contributed by atoms with Crippen LogP contribution < -0.4 is 19.8 Å². The van der Waals surface area contributed by atoms with Gasteiger partial charge in [-0.25, -0.2) is 4.98 Å². The molecule has 0 unspecified atom stereocenters. The topological polar surface area (TPSA) is 41.5 Å². The number of para-hydroxylation sites is 1. The average Bonchev–Trinajstić information content (AvgIpc) is 3.38. The molecule has 0 spiro atoms. The van der Waals surface area contributed by atoms with Crippen LogP contribution in [0.1, 0.15) is 0 Å².